The molecule has 4 rings (SSSR count). The van der Waals surface area contributed by atoms with Crippen LogP contribution in [0.2, 0.25) is 0 Å². The number of hydrogen-bond acceptors (Lipinski definition) is 3. The summed E-state index contributed by atoms with van der Waals surface area (Å²) in [6.07, 6.45) is 6.23. The van der Waals surface area contributed by atoms with E-state index in [1.54, 1.807) is 42.1 Å². The average molecular weight is 432 g/mol. The number of phenols is 1. The largest absolute Gasteiger partial charge is 0.508 e. The third-order valence-corrected chi connectivity index (χ3v) is 5.93. The monoisotopic (exact) mass is 431 g/mol. The van der Waals surface area contributed by atoms with E-state index < -0.39 is 0 Å². The quantitative estimate of drug-likeness (QED) is 0.478. The van der Waals surface area contributed by atoms with Crippen molar-refractivity contribution in [1.82, 2.24) is 5.32 Å². The number of halogens is 1. The molecule has 0 aromatic heterocycles. The number of allylic oxidation sites excluding steroid dienone is 2. The molecule has 3 aromatic carbocycles. The fourth-order valence-corrected chi connectivity index (χ4v) is 3.98. The average Bonchev–Trinajstić information content (AvgIpc) is 3.10. The zero-order valence-corrected chi connectivity index (χ0v) is 17.9. The van der Waals surface area contributed by atoms with Crippen LogP contribution in [-0.2, 0) is 11.3 Å². The Balaban J connectivity index is 1.53. The molecule has 1 aliphatic rings. The summed E-state index contributed by atoms with van der Waals surface area (Å²) in [5.41, 5.74) is 5.39. The molecular weight excluding hydrogens is 409 g/mol. The Morgan fingerprint density at radius 3 is 2.48 bits per heavy atom. The fourth-order valence-electron chi connectivity index (χ4n) is 3.57. The first-order valence-electron chi connectivity index (χ1n) is 9.93. The minimum Gasteiger partial charge on any atom is -0.508 e. The van der Waals surface area contributed by atoms with Gasteiger partial charge in [0.05, 0.1) is 6.42 Å². The van der Waals surface area contributed by atoms with E-state index in [9.17, 15) is 14.3 Å². The molecule has 0 bridgehead atoms. The minimum atomic E-state index is -0.320. The number of hydrogen-bond donors (Lipinski definition) is 2. The standard InChI is InChI=1S/C26H22FNO2S/c1-31-23-9-4-17(5-10-23)12-19-13-20(25-15-21(27)6-11-24(19)25)14-26(30)28-16-18-2-7-22(29)8-3-18/h2-13,15,29H,14,16H2,1H3,(H,28,30). The molecule has 5 heteroatoms. The number of phenolic OH excluding ortho intramolecular Hbond substituents is 1. The van der Waals surface area contributed by atoms with Crippen LogP contribution in [0.5, 0.6) is 5.75 Å². The van der Waals surface area contributed by atoms with Crippen LogP contribution < -0.4 is 5.32 Å². The van der Waals surface area contributed by atoms with Crippen LogP contribution in [0.3, 0.4) is 0 Å². The molecule has 31 heavy (non-hydrogen) atoms. The van der Waals surface area contributed by atoms with Crippen LogP contribution in [0.4, 0.5) is 4.39 Å². The Labute approximate surface area is 185 Å². The number of benzene rings is 3. The Morgan fingerprint density at radius 2 is 1.77 bits per heavy atom. The van der Waals surface area contributed by atoms with E-state index in [1.165, 1.54) is 17.0 Å². The van der Waals surface area contributed by atoms with Crippen molar-refractivity contribution in [2.75, 3.05) is 6.26 Å². The van der Waals surface area contributed by atoms with Crippen molar-refractivity contribution in [1.29, 1.82) is 0 Å². The zero-order chi connectivity index (χ0) is 21.8. The second kappa shape index (κ2) is 9.23. The molecule has 0 saturated heterocycles. The summed E-state index contributed by atoms with van der Waals surface area (Å²) < 4.78 is 13.9. The molecule has 3 aromatic rings. The number of thioether (sulfide) groups is 1. The van der Waals surface area contributed by atoms with Crippen molar-refractivity contribution in [3.8, 4) is 5.75 Å². The molecule has 0 aliphatic heterocycles. The summed E-state index contributed by atoms with van der Waals surface area (Å²) in [7, 11) is 0. The Bertz CT molecular complexity index is 1170. The molecule has 0 heterocycles. The lowest BCUT2D eigenvalue weighted by atomic mass is 10.0. The SMILES string of the molecule is CSc1ccc(C=C2C=C(CC(=O)NCc3ccc(O)cc3)c3cc(F)ccc32)cc1. The maximum absolute atomic E-state index is 13.9. The zero-order valence-electron chi connectivity index (χ0n) is 17.1. The van der Waals surface area contributed by atoms with Gasteiger partial charge in [0.1, 0.15) is 11.6 Å². The lowest BCUT2D eigenvalue weighted by Gasteiger charge is -2.08. The van der Waals surface area contributed by atoms with Crippen LogP contribution in [0.1, 0.15) is 28.7 Å². The molecule has 0 radical (unpaired) electrons. The molecule has 1 aliphatic carbocycles. The van der Waals surface area contributed by atoms with Crippen LogP contribution in [-0.4, -0.2) is 17.3 Å². The number of carbonyl (C=O) groups is 1. The van der Waals surface area contributed by atoms with E-state index in [1.807, 2.05) is 12.3 Å². The number of aromatic hydroxyl groups is 1. The summed E-state index contributed by atoms with van der Waals surface area (Å²) in [6.45, 7) is 0.368. The normalized spacial score (nSPS) is 13.7. The summed E-state index contributed by atoms with van der Waals surface area (Å²) in [6, 6.07) is 19.7. The highest BCUT2D eigenvalue weighted by Crippen LogP contribution is 2.38. The smallest absolute Gasteiger partial charge is 0.224 e. The van der Waals surface area contributed by atoms with Gasteiger partial charge >= 0.3 is 0 Å². The van der Waals surface area contributed by atoms with Crippen molar-refractivity contribution in [3.05, 3.63) is 101 Å². The van der Waals surface area contributed by atoms with Crippen molar-refractivity contribution in [2.24, 2.45) is 0 Å². The first-order chi connectivity index (χ1) is 15.0. The van der Waals surface area contributed by atoms with Gasteiger partial charge in [-0.05, 0) is 88.2 Å². The van der Waals surface area contributed by atoms with Crippen LogP contribution in [0.15, 0.2) is 77.7 Å². The molecule has 0 fully saturated rings. The Kier molecular flexibility index (Phi) is 6.23. The predicted octanol–water partition coefficient (Wildman–Crippen LogP) is 5.90. The van der Waals surface area contributed by atoms with Gasteiger partial charge in [-0.1, -0.05) is 30.3 Å². The van der Waals surface area contributed by atoms with Crippen LogP contribution >= 0.6 is 11.8 Å². The fraction of sp³-hybridized carbons (Fsp3) is 0.115. The van der Waals surface area contributed by atoms with Gasteiger partial charge < -0.3 is 10.4 Å². The summed E-state index contributed by atoms with van der Waals surface area (Å²) in [5, 5.41) is 12.3. The molecule has 1 amide bonds. The number of rotatable bonds is 6. The van der Waals surface area contributed by atoms with Crippen molar-refractivity contribution in [2.45, 2.75) is 17.9 Å². The topological polar surface area (TPSA) is 49.3 Å². The lowest BCUT2D eigenvalue weighted by molar-refractivity contribution is -0.120. The number of carbonyl (C=O) groups excluding carboxylic acids is 1. The van der Waals surface area contributed by atoms with E-state index in [4.69, 9.17) is 0 Å². The number of amides is 1. The number of fused-ring (bicyclic) bond motifs is 1. The van der Waals surface area contributed by atoms with Gasteiger partial charge in [0.15, 0.2) is 0 Å². The highest BCUT2D eigenvalue weighted by Gasteiger charge is 2.21. The molecule has 0 unspecified atom stereocenters. The summed E-state index contributed by atoms with van der Waals surface area (Å²) in [4.78, 5) is 13.7. The maximum Gasteiger partial charge on any atom is 0.224 e. The molecule has 0 saturated carbocycles. The third kappa shape index (κ3) is 5.06. The molecule has 3 nitrogen and oxygen atoms in total. The Hall–Kier alpha value is -3.31. The molecular formula is C26H22FNO2S. The second-order valence-electron chi connectivity index (χ2n) is 7.35. The van der Waals surface area contributed by atoms with Crippen molar-refractivity contribution < 1.29 is 14.3 Å². The third-order valence-electron chi connectivity index (χ3n) is 5.18. The summed E-state index contributed by atoms with van der Waals surface area (Å²) >= 11 is 1.69. The van der Waals surface area contributed by atoms with E-state index in [0.29, 0.717) is 6.54 Å². The molecule has 0 spiro atoms. The highest BCUT2D eigenvalue weighted by molar-refractivity contribution is 7.98. The van der Waals surface area contributed by atoms with Gasteiger partial charge in [-0.25, -0.2) is 4.39 Å². The lowest BCUT2D eigenvalue weighted by Crippen LogP contribution is -2.22. The predicted molar refractivity (Wildman–Crippen MR) is 125 cm³/mol. The summed E-state index contributed by atoms with van der Waals surface area (Å²) in [5.74, 6) is -0.271. The van der Waals surface area contributed by atoms with E-state index in [-0.39, 0.29) is 23.9 Å². The van der Waals surface area contributed by atoms with Gasteiger partial charge in [-0.15, -0.1) is 11.8 Å². The number of nitrogens with one attached hydrogen (secondary N) is 1. The minimum absolute atomic E-state index is 0.139. The van der Waals surface area contributed by atoms with Gasteiger partial charge in [0.25, 0.3) is 0 Å². The molecule has 2 N–H and O–H groups in total. The van der Waals surface area contributed by atoms with Gasteiger partial charge in [0, 0.05) is 11.4 Å². The van der Waals surface area contributed by atoms with E-state index in [2.05, 4.69) is 35.7 Å². The van der Waals surface area contributed by atoms with Crippen LogP contribution in [0.25, 0.3) is 17.2 Å². The Morgan fingerprint density at radius 1 is 1.03 bits per heavy atom. The van der Waals surface area contributed by atoms with Gasteiger partial charge in [0.2, 0.25) is 5.91 Å². The van der Waals surface area contributed by atoms with Gasteiger partial charge in [-0.3, -0.25) is 4.79 Å². The maximum atomic E-state index is 13.9. The second-order valence-corrected chi connectivity index (χ2v) is 8.23. The van der Waals surface area contributed by atoms with Crippen molar-refractivity contribution in [3.63, 3.8) is 0 Å². The first-order valence-corrected chi connectivity index (χ1v) is 11.2. The van der Waals surface area contributed by atoms with Crippen LogP contribution in [0, 0.1) is 5.82 Å². The van der Waals surface area contributed by atoms with E-state index in [0.717, 1.165) is 33.4 Å². The van der Waals surface area contributed by atoms with Gasteiger partial charge in [-0.2, -0.15) is 0 Å². The highest BCUT2D eigenvalue weighted by atomic mass is 32.2. The first kappa shape index (κ1) is 20.9. The van der Waals surface area contributed by atoms with Crippen molar-refractivity contribution >= 4 is 34.9 Å². The molecule has 156 valence electrons. The molecule has 0 atom stereocenters. The van der Waals surface area contributed by atoms with E-state index >= 15 is 0 Å².